The van der Waals surface area contributed by atoms with E-state index in [2.05, 4.69) is 21.2 Å². The van der Waals surface area contributed by atoms with Crippen LogP contribution in [0.1, 0.15) is 18.9 Å². The molecule has 0 heterocycles. The molecule has 0 amide bonds. The molecule has 4 heteroatoms. The van der Waals surface area contributed by atoms with Crippen LogP contribution in [0.5, 0.6) is 0 Å². The van der Waals surface area contributed by atoms with Gasteiger partial charge in [0.15, 0.2) is 0 Å². The van der Waals surface area contributed by atoms with Gasteiger partial charge in [-0.15, -0.1) is 0 Å². The van der Waals surface area contributed by atoms with Crippen molar-refractivity contribution in [3.8, 4) is 0 Å². The highest BCUT2D eigenvalue weighted by Gasteiger charge is 2.14. The van der Waals surface area contributed by atoms with Crippen LogP contribution < -0.4 is 5.32 Å². The summed E-state index contributed by atoms with van der Waals surface area (Å²) in [5.41, 5.74) is 0.179. The van der Waals surface area contributed by atoms with Crippen molar-refractivity contribution in [1.29, 1.82) is 0 Å². The molecule has 1 nitrogen and oxygen atoms in total. The molecule has 0 fully saturated rings. The Morgan fingerprint density at radius 2 is 2.06 bits per heavy atom. The zero-order valence-electron chi connectivity index (χ0n) is 9.49. The predicted molar refractivity (Wildman–Crippen MR) is 65.5 cm³/mol. The SMILES string of the molecule is CNCCC(C)Cc1c(F)ccc(Br)c1F. The molecule has 0 bridgehead atoms. The molecule has 0 saturated heterocycles. The lowest BCUT2D eigenvalue weighted by Crippen LogP contribution is -2.14. The van der Waals surface area contributed by atoms with E-state index < -0.39 is 11.6 Å². The van der Waals surface area contributed by atoms with Gasteiger partial charge < -0.3 is 5.32 Å². The molecule has 0 spiro atoms. The van der Waals surface area contributed by atoms with Gasteiger partial charge in [-0.05, 0) is 60.4 Å². The molecule has 0 aliphatic carbocycles. The van der Waals surface area contributed by atoms with Gasteiger partial charge in [0.05, 0.1) is 4.47 Å². The number of halogens is 3. The number of hydrogen-bond acceptors (Lipinski definition) is 1. The van der Waals surface area contributed by atoms with Crippen LogP contribution in [0.4, 0.5) is 8.78 Å². The number of benzene rings is 1. The maximum atomic E-state index is 13.6. The summed E-state index contributed by atoms with van der Waals surface area (Å²) in [5, 5.41) is 3.03. The predicted octanol–water partition coefficient (Wildman–Crippen LogP) is 3.52. The Kier molecular flexibility index (Phi) is 5.35. The lowest BCUT2D eigenvalue weighted by molar-refractivity contribution is 0.476. The fraction of sp³-hybridized carbons (Fsp3) is 0.500. The Hall–Kier alpha value is -0.480. The van der Waals surface area contributed by atoms with E-state index in [9.17, 15) is 8.78 Å². The third kappa shape index (κ3) is 3.52. The largest absolute Gasteiger partial charge is 0.320 e. The summed E-state index contributed by atoms with van der Waals surface area (Å²) in [6.07, 6.45) is 1.33. The molecule has 16 heavy (non-hydrogen) atoms. The number of rotatable bonds is 5. The summed E-state index contributed by atoms with van der Waals surface area (Å²) in [6, 6.07) is 2.69. The van der Waals surface area contributed by atoms with Crippen LogP contribution in [0.25, 0.3) is 0 Å². The molecule has 90 valence electrons. The zero-order chi connectivity index (χ0) is 12.1. The zero-order valence-corrected chi connectivity index (χ0v) is 11.1. The molecule has 0 aromatic heterocycles. The maximum Gasteiger partial charge on any atom is 0.143 e. The van der Waals surface area contributed by atoms with E-state index in [1.807, 2.05) is 14.0 Å². The van der Waals surface area contributed by atoms with Crippen LogP contribution in [-0.2, 0) is 6.42 Å². The molecule has 1 aromatic rings. The maximum absolute atomic E-state index is 13.6. The monoisotopic (exact) mass is 291 g/mol. The van der Waals surface area contributed by atoms with E-state index >= 15 is 0 Å². The second-order valence-electron chi connectivity index (χ2n) is 4.02. The van der Waals surface area contributed by atoms with E-state index in [4.69, 9.17) is 0 Å². The third-order valence-electron chi connectivity index (χ3n) is 2.58. The normalized spacial score (nSPS) is 12.8. The van der Waals surface area contributed by atoms with Crippen LogP contribution in [0.3, 0.4) is 0 Å². The lowest BCUT2D eigenvalue weighted by Gasteiger charge is -2.13. The first kappa shape index (κ1) is 13.6. The van der Waals surface area contributed by atoms with E-state index in [-0.39, 0.29) is 11.5 Å². The van der Waals surface area contributed by atoms with Gasteiger partial charge >= 0.3 is 0 Å². The number of nitrogens with one attached hydrogen (secondary N) is 1. The molecule has 1 unspecified atom stereocenters. The van der Waals surface area contributed by atoms with E-state index in [1.165, 1.54) is 12.1 Å². The molecule has 1 aromatic carbocycles. The molecule has 1 atom stereocenters. The minimum atomic E-state index is -0.476. The quantitative estimate of drug-likeness (QED) is 0.819. The first-order chi connectivity index (χ1) is 7.56. The highest BCUT2D eigenvalue weighted by Crippen LogP contribution is 2.24. The van der Waals surface area contributed by atoms with E-state index in [0.717, 1.165) is 13.0 Å². The minimum absolute atomic E-state index is 0.179. The molecule has 1 rings (SSSR count). The Morgan fingerprint density at radius 1 is 1.38 bits per heavy atom. The van der Waals surface area contributed by atoms with Gasteiger partial charge in [-0.2, -0.15) is 0 Å². The molecular weight excluding hydrogens is 276 g/mol. The Balaban J connectivity index is 2.76. The van der Waals surface area contributed by atoms with Gasteiger partial charge in [-0.1, -0.05) is 6.92 Å². The fourth-order valence-corrected chi connectivity index (χ4v) is 1.97. The van der Waals surface area contributed by atoms with Gasteiger partial charge in [0.25, 0.3) is 0 Å². The van der Waals surface area contributed by atoms with Crippen molar-refractivity contribution in [2.24, 2.45) is 5.92 Å². The second kappa shape index (κ2) is 6.30. The van der Waals surface area contributed by atoms with Gasteiger partial charge in [0.2, 0.25) is 0 Å². The molecule has 0 radical (unpaired) electrons. The Labute approximate surface area is 103 Å². The van der Waals surface area contributed by atoms with Crippen molar-refractivity contribution < 1.29 is 8.78 Å². The summed E-state index contributed by atoms with van der Waals surface area (Å²) < 4.78 is 27.4. The standard InChI is InChI=1S/C12H16BrF2N/c1-8(5-6-16-2)7-9-11(14)4-3-10(13)12(9)15/h3-4,8,16H,5-7H2,1-2H3. The van der Waals surface area contributed by atoms with Crippen LogP contribution in [0.2, 0.25) is 0 Å². The van der Waals surface area contributed by atoms with E-state index in [1.54, 1.807) is 0 Å². The Bertz CT molecular complexity index is 355. The van der Waals surface area contributed by atoms with Crippen molar-refractivity contribution in [1.82, 2.24) is 5.32 Å². The minimum Gasteiger partial charge on any atom is -0.320 e. The number of hydrogen-bond donors (Lipinski definition) is 1. The molecule has 1 N–H and O–H groups in total. The van der Waals surface area contributed by atoms with Crippen molar-refractivity contribution in [2.75, 3.05) is 13.6 Å². The smallest absolute Gasteiger partial charge is 0.143 e. The lowest BCUT2D eigenvalue weighted by atomic mass is 9.97. The van der Waals surface area contributed by atoms with Gasteiger partial charge in [0.1, 0.15) is 11.6 Å². The summed E-state index contributed by atoms with van der Waals surface area (Å²) in [7, 11) is 1.87. The third-order valence-corrected chi connectivity index (χ3v) is 3.19. The second-order valence-corrected chi connectivity index (χ2v) is 4.88. The van der Waals surface area contributed by atoms with Crippen molar-refractivity contribution in [3.63, 3.8) is 0 Å². The first-order valence-electron chi connectivity index (χ1n) is 5.33. The Morgan fingerprint density at radius 3 is 2.69 bits per heavy atom. The van der Waals surface area contributed by atoms with Gasteiger partial charge in [-0.25, -0.2) is 8.78 Å². The average Bonchev–Trinajstić information content (AvgIpc) is 2.27. The topological polar surface area (TPSA) is 12.0 Å². The fourth-order valence-electron chi connectivity index (χ4n) is 1.60. The van der Waals surface area contributed by atoms with Crippen molar-refractivity contribution in [3.05, 3.63) is 33.8 Å². The molecule has 0 aliphatic rings. The van der Waals surface area contributed by atoms with Crippen molar-refractivity contribution in [2.45, 2.75) is 19.8 Å². The van der Waals surface area contributed by atoms with Gasteiger partial charge in [0, 0.05) is 5.56 Å². The highest BCUT2D eigenvalue weighted by atomic mass is 79.9. The molecule has 0 aliphatic heterocycles. The summed E-state index contributed by atoms with van der Waals surface area (Å²) in [6.45, 7) is 2.86. The van der Waals surface area contributed by atoms with Crippen LogP contribution in [-0.4, -0.2) is 13.6 Å². The average molecular weight is 292 g/mol. The summed E-state index contributed by atoms with van der Waals surface area (Å²) in [4.78, 5) is 0. The summed E-state index contributed by atoms with van der Waals surface area (Å²) >= 11 is 3.07. The van der Waals surface area contributed by atoms with Crippen molar-refractivity contribution >= 4 is 15.9 Å². The highest BCUT2D eigenvalue weighted by molar-refractivity contribution is 9.10. The first-order valence-corrected chi connectivity index (χ1v) is 6.12. The van der Waals surface area contributed by atoms with E-state index in [0.29, 0.717) is 10.9 Å². The molecule has 0 saturated carbocycles. The van der Waals surface area contributed by atoms with Crippen LogP contribution >= 0.6 is 15.9 Å². The molecular formula is C12H16BrF2N. The van der Waals surface area contributed by atoms with Crippen LogP contribution in [0, 0.1) is 17.6 Å². The van der Waals surface area contributed by atoms with Gasteiger partial charge in [-0.3, -0.25) is 0 Å². The summed E-state index contributed by atoms with van der Waals surface area (Å²) in [5.74, 6) is -0.681. The van der Waals surface area contributed by atoms with Crippen LogP contribution in [0.15, 0.2) is 16.6 Å².